The van der Waals surface area contributed by atoms with Crippen molar-refractivity contribution < 1.29 is 4.74 Å². The highest BCUT2D eigenvalue weighted by Gasteiger charge is 2.39. The van der Waals surface area contributed by atoms with Gasteiger partial charge in [-0.15, -0.1) is 0 Å². The van der Waals surface area contributed by atoms with E-state index in [1.807, 2.05) is 7.05 Å². The molecule has 128 valence electrons. The normalized spacial score (nSPS) is 28.7. The number of ether oxygens (including phenoxy) is 1. The van der Waals surface area contributed by atoms with Crippen LogP contribution in [-0.2, 0) is 4.74 Å². The van der Waals surface area contributed by atoms with Crippen LogP contribution in [0.15, 0.2) is 4.99 Å². The Morgan fingerprint density at radius 2 is 2.05 bits per heavy atom. The van der Waals surface area contributed by atoms with Gasteiger partial charge in [-0.05, 0) is 31.6 Å². The third-order valence-electron chi connectivity index (χ3n) is 4.91. The standard InChI is InChI=1S/C17H34N4O/c1-12-9-13(11-21(12)14-7-8-14)20-16(18-5)19-10-15(22-6)17(2,3)4/h12-15H,7-11H2,1-6H3,(H2,18,19,20). The van der Waals surface area contributed by atoms with Gasteiger partial charge in [-0.25, -0.2) is 0 Å². The van der Waals surface area contributed by atoms with Crippen LogP contribution in [0.2, 0.25) is 0 Å². The number of likely N-dealkylation sites (tertiary alicyclic amines) is 1. The minimum Gasteiger partial charge on any atom is -0.379 e. The zero-order chi connectivity index (χ0) is 16.3. The number of aliphatic imine (C=N–C) groups is 1. The molecule has 1 heterocycles. The van der Waals surface area contributed by atoms with Gasteiger partial charge in [0.25, 0.3) is 0 Å². The molecule has 22 heavy (non-hydrogen) atoms. The van der Waals surface area contributed by atoms with E-state index in [1.165, 1.54) is 19.3 Å². The summed E-state index contributed by atoms with van der Waals surface area (Å²) in [6, 6.07) is 2.03. The Hall–Kier alpha value is -0.810. The predicted octanol–water partition coefficient (Wildman–Crippen LogP) is 1.84. The first kappa shape index (κ1) is 17.5. The number of nitrogens with one attached hydrogen (secondary N) is 2. The maximum absolute atomic E-state index is 5.60. The molecule has 2 N–H and O–H groups in total. The highest BCUT2D eigenvalue weighted by molar-refractivity contribution is 5.80. The largest absolute Gasteiger partial charge is 0.379 e. The van der Waals surface area contributed by atoms with Crippen LogP contribution in [0, 0.1) is 5.41 Å². The molecule has 0 aromatic heterocycles. The van der Waals surface area contributed by atoms with Gasteiger partial charge in [0.2, 0.25) is 0 Å². The van der Waals surface area contributed by atoms with Crippen molar-refractivity contribution in [1.29, 1.82) is 0 Å². The molecule has 0 aromatic rings. The third-order valence-corrected chi connectivity index (χ3v) is 4.91. The average Bonchev–Trinajstić information content (AvgIpc) is 3.21. The lowest BCUT2D eigenvalue weighted by molar-refractivity contribution is 0.0205. The van der Waals surface area contributed by atoms with Crippen molar-refractivity contribution in [2.24, 2.45) is 10.4 Å². The van der Waals surface area contributed by atoms with Gasteiger partial charge in [0.1, 0.15) is 0 Å². The van der Waals surface area contributed by atoms with Gasteiger partial charge in [-0.3, -0.25) is 9.89 Å². The second-order valence-electron chi connectivity index (χ2n) is 7.90. The van der Waals surface area contributed by atoms with Crippen molar-refractivity contribution in [1.82, 2.24) is 15.5 Å². The number of guanidine groups is 1. The van der Waals surface area contributed by atoms with Crippen molar-refractivity contribution in [3.05, 3.63) is 0 Å². The Balaban J connectivity index is 1.80. The summed E-state index contributed by atoms with van der Waals surface area (Å²) in [5, 5.41) is 7.00. The van der Waals surface area contributed by atoms with E-state index in [-0.39, 0.29) is 11.5 Å². The van der Waals surface area contributed by atoms with E-state index in [1.54, 1.807) is 7.11 Å². The maximum Gasteiger partial charge on any atom is 0.191 e. The van der Waals surface area contributed by atoms with Crippen molar-refractivity contribution >= 4 is 5.96 Å². The molecule has 3 unspecified atom stereocenters. The molecule has 5 heteroatoms. The highest BCUT2D eigenvalue weighted by Crippen LogP contribution is 2.33. The Morgan fingerprint density at radius 1 is 1.36 bits per heavy atom. The molecule has 1 saturated heterocycles. The molecule has 2 rings (SSSR count). The fourth-order valence-electron chi connectivity index (χ4n) is 3.40. The predicted molar refractivity (Wildman–Crippen MR) is 92.3 cm³/mol. The molecule has 0 radical (unpaired) electrons. The second kappa shape index (κ2) is 7.18. The summed E-state index contributed by atoms with van der Waals surface area (Å²) in [4.78, 5) is 7.02. The van der Waals surface area contributed by atoms with E-state index >= 15 is 0 Å². The van der Waals surface area contributed by atoms with Crippen molar-refractivity contribution in [2.45, 2.75) is 71.2 Å². The minimum atomic E-state index is 0.116. The molecule has 0 bridgehead atoms. The molecule has 1 saturated carbocycles. The number of methoxy groups -OCH3 is 1. The molecule has 2 aliphatic rings. The van der Waals surface area contributed by atoms with Crippen molar-refractivity contribution in [2.75, 3.05) is 27.2 Å². The summed E-state index contributed by atoms with van der Waals surface area (Å²) >= 11 is 0. The van der Waals surface area contributed by atoms with E-state index in [0.29, 0.717) is 12.1 Å². The third kappa shape index (κ3) is 4.59. The van der Waals surface area contributed by atoms with Gasteiger partial charge >= 0.3 is 0 Å². The van der Waals surface area contributed by atoms with Crippen LogP contribution < -0.4 is 10.6 Å². The summed E-state index contributed by atoms with van der Waals surface area (Å²) in [5.41, 5.74) is 0.116. The van der Waals surface area contributed by atoms with Crippen molar-refractivity contribution in [3.8, 4) is 0 Å². The first-order chi connectivity index (χ1) is 10.3. The van der Waals surface area contributed by atoms with E-state index in [0.717, 1.165) is 25.1 Å². The number of hydrogen-bond acceptors (Lipinski definition) is 3. The van der Waals surface area contributed by atoms with Gasteiger partial charge in [-0.2, -0.15) is 0 Å². The van der Waals surface area contributed by atoms with E-state index < -0.39 is 0 Å². The Morgan fingerprint density at radius 3 is 2.55 bits per heavy atom. The van der Waals surface area contributed by atoms with Crippen LogP contribution in [-0.4, -0.2) is 62.3 Å². The van der Waals surface area contributed by atoms with Gasteiger partial charge in [-0.1, -0.05) is 20.8 Å². The molecular formula is C17H34N4O. The fraction of sp³-hybridized carbons (Fsp3) is 0.941. The van der Waals surface area contributed by atoms with Crippen molar-refractivity contribution in [3.63, 3.8) is 0 Å². The molecule has 1 aliphatic heterocycles. The summed E-state index contributed by atoms with van der Waals surface area (Å²) in [5.74, 6) is 0.890. The summed E-state index contributed by atoms with van der Waals surface area (Å²) < 4.78 is 5.60. The van der Waals surface area contributed by atoms with Gasteiger partial charge < -0.3 is 15.4 Å². The minimum absolute atomic E-state index is 0.116. The van der Waals surface area contributed by atoms with Gasteiger partial charge in [0, 0.05) is 45.4 Å². The van der Waals surface area contributed by atoms with Gasteiger partial charge in [0.05, 0.1) is 6.10 Å². The smallest absolute Gasteiger partial charge is 0.191 e. The summed E-state index contributed by atoms with van der Waals surface area (Å²) in [6.45, 7) is 10.9. The van der Waals surface area contributed by atoms with Crippen LogP contribution in [0.4, 0.5) is 0 Å². The highest BCUT2D eigenvalue weighted by atomic mass is 16.5. The van der Waals surface area contributed by atoms with E-state index in [9.17, 15) is 0 Å². The monoisotopic (exact) mass is 310 g/mol. The zero-order valence-corrected chi connectivity index (χ0v) is 15.1. The van der Waals surface area contributed by atoms with E-state index in [2.05, 4.69) is 48.2 Å². The molecular weight excluding hydrogens is 276 g/mol. The van der Waals surface area contributed by atoms with Crippen LogP contribution in [0.5, 0.6) is 0 Å². The lowest BCUT2D eigenvalue weighted by Gasteiger charge is -2.30. The van der Waals surface area contributed by atoms with Crippen LogP contribution in [0.25, 0.3) is 0 Å². The molecule has 2 fully saturated rings. The first-order valence-electron chi connectivity index (χ1n) is 8.61. The molecule has 1 aliphatic carbocycles. The Labute approximate surface area is 135 Å². The molecule has 3 atom stereocenters. The molecule has 0 aromatic carbocycles. The summed E-state index contributed by atoms with van der Waals surface area (Å²) in [7, 11) is 3.62. The summed E-state index contributed by atoms with van der Waals surface area (Å²) in [6.07, 6.45) is 4.12. The second-order valence-corrected chi connectivity index (χ2v) is 7.90. The van der Waals surface area contributed by atoms with Gasteiger partial charge in [0.15, 0.2) is 5.96 Å². The van der Waals surface area contributed by atoms with Crippen LogP contribution in [0.3, 0.4) is 0 Å². The molecule has 5 nitrogen and oxygen atoms in total. The number of rotatable bonds is 5. The van der Waals surface area contributed by atoms with Crippen LogP contribution >= 0.6 is 0 Å². The first-order valence-corrected chi connectivity index (χ1v) is 8.61. The molecule has 0 amide bonds. The Kier molecular flexibility index (Phi) is 5.72. The molecule has 0 spiro atoms. The fourth-order valence-corrected chi connectivity index (χ4v) is 3.40. The van der Waals surface area contributed by atoms with E-state index in [4.69, 9.17) is 4.74 Å². The lowest BCUT2D eigenvalue weighted by Crippen LogP contribution is -2.48. The topological polar surface area (TPSA) is 48.9 Å². The van der Waals surface area contributed by atoms with Crippen LogP contribution in [0.1, 0.15) is 47.0 Å². The number of hydrogen-bond donors (Lipinski definition) is 2. The zero-order valence-electron chi connectivity index (χ0n) is 15.1. The SMILES string of the molecule is CN=C(NCC(OC)C(C)(C)C)NC1CC(C)N(C2CC2)C1. The number of nitrogens with zero attached hydrogens (tertiary/aromatic N) is 2. The maximum atomic E-state index is 5.60. The lowest BCUT2D eigenvalue weighted by atomic mass is 9.89. The Bertz CT molecular complexity index is 387. The average molecular weight is 310 g/mol. The quantitative estimate of drug-likeness (QED) is 0.601.